The number of ether oxygens (including phenoxy) is 2. The molecule has 0 saturated heterocycles. The molecule has 0 amide bonds. The zero-order chi connectivity index (χ0) is 19.9. The number of aliphatic hydroxyl groups is 1. The van der Waals surface area contributed by atoms with Crippen LogP contribution in [0.5, 0.6) is 11.5 Å². The molecular formula is C22H32O4. The first-order valence-corrected chi connectivity index (χ1v) is 8.99. The molecule has 26 heavy (non-hydrogen) atoms. The van der Waals surface area contributed by atoms with Gasteiger partial charge in [-0.15, -0.1) is 6.58 Å². The van der Waals surface area contributed by atoms with E-state index in [1.165, 1.54) is 0 Å². The van der Waals surface area contributed by atoms with Gasteiger partial charge in [0, 0.05) is 12.5 Å². The van der Waals surface area contributed by atoms with Crippen LogP contribution in [0.2, 0.25) is 0 Å². The highest BCUT2D eigenvalue weighted by atomic mass is 16.6. The van der Waals surface area contributed by atoms with Gasteiger partial charge in [0.05, 0.1) is 5.41 Å². The molecule has 0 fully saturated rings. The van der Waals surface area contributed by atoms with E-state index in [1.807, 2.05) is 71.9 Å². The number of hydrogen-bond acceptors (Lipinski definition) is 4. The lowest BCUT2D eigenvalue weighted by atomic mass is 9.87. The minimum Gasteiger partial charge on any atom is -0.486 e. The molecule has 2 atom stereocenters. The van der Waals surface area contributed by atoms with Crippen molar-refractivity contribution in [3.8, 4) is 11.5 Å². The summed E-state index contributed by atoms with van der Waals surface area (Å²) in [6.07, 6.45) is 5.61. The van der Waals surface area contributed by atoms with Crippen LogP contribution in [0.3, 0.4) is 0 Å². The van der Waals surface area contributed by atoms with Crippen molar-refractivity contribution in [3.05, 3.63) is 48.1 Å². The van der Waals surface area contributed by atoms with Crippen LogP contribution in [-0.4, -0.2) is 24.3 Å². The van der Waals surface area contributed by atoms with Crippen LogP contribution >= 0.6 is 0 Å². The fourth-order valence-corrected chi connectivity index (χ4v) is 2.49. The van der Waals surface area contributed by atoms with E-state index in [-0.39, 0.29) is 24.4 Å². The molecule has 0 bridgehead atoms. The van der Waals surface area contributed by atoms with Crippen molar-refractivity contribution >= 4 is 5.97 Å². The fourth-order valence-electron chi connectivity index (χ4n) is 2.49. The van der Waals surface area contributed by atoms with Crippen molar-refractivity contribution < 1.29 is 19.4 Å². The van der Waals surface area contributed by atoms with Gasteiger partial charge in [-0.3, -0.25) is 4.79 Å². The molecule has 144 valence electrons. The molecule has 0 aromatic heterocycles. The third-order valence-electron chi connectivity index (χ3n) is 4.18. The second kappa shape index (κ2) is 9.58. The van der Waals surface area contributed by atoms with Crippen molar-refractivity contribution in [3.63, 3.8) is 0 Å². The monoisotopic (exact) mass is 360 g/mol. The Balaban J connectivity index is 3.35. The standard InChI is InChI=1S/C22H32O4/c1-8-10-11-25-19-13-17(18(9-2)16(4)14-23)12-15(3)20(19)26-21(24)22(5,6)7/h8-10,12-13,16,18,23H,2,11,14H2,1,3-7H3/b10-8+/t16-,18+/m0/s1. The number of allylic oxidation sites excluding steroid dienone is 2. The van der Waals surface area contributed by atoms with Crippen LogP contribution in [0.25, 0.3) is 0 Å². The lowest BCUT2D eigenvalue weighted by molar-refractivity contribution is -0.143. The molecule has 0 heterocycles. The first-order chi connectivity index (χ1) is 12.1. The van der Waals surface area contributed by atoms with Gasteiger partial charge >= 0.3 is 5.97 Å². The first-order valence-electron chi connectivity index (χ1n) is 8.99. The van der Waals surface area contributed by atoms with E-state index in [4.69, 9.17) is 9.47 Å². The quantitative estimate of drug-likeness (QED) is 0.411. The maximum Gasteiger partial charge on any atom is 0.316 e. The summed E-state index contributed by atoms with van der Waals surface area (Å²) in [6, 6.07) is 3.84. The summed E-state index contributed by atoms with van der Waals surface area (Å²) in [5, 5.41) is 9.52. The highest BCUT2D eigenvalue weighted by Crippen LogP contribution is 2.38. The molecule has 0 spiro atoms. The zero-order valence-electron chi connectivity index (χ0n) is 16.8. The van der Waals surface area contributed by atoms with E-state index < -0.39 is 5.41 Å². The summed E-state index contributed by atoms with van der Waals surface area (Å²) in [7, 11) is 0. The second-order valence-electron chi connectivity index (χ2n) is 7.61. The molecule has 0 unspecified atom stereocenters. The van der Waals surface area contributed by atoms with E-state index >= 15 is 0 Å². The number of carbonyl (C=O) groups excluding carboxylic acids is 1. The summed E-state index contributed by atoms with van der Waals surface area (Å²) >= 11 is 0. The Morgan fingerprint density at radius 1 is 1.35 bits per heavy atom. The van der Waals surface area contributed by atoms with Gasteiger partial charge in [0.2, 0.25) is 0 Å². The number of rotatable bonds is 8. The molecule has 1 N–H and O–H groups in total. The van der Waals surface area contributed by atoms with E-state index in [9.17, 15) is 9.90 Å². The molecule has 0 aliphatic carbocycles. The van der Waals surface area contributed by atoms with E-state index in [1.54, 1.807) is 0 Å². The van der Waals surface area contributed by atoms with Gasteiger partial charge in [-0.25, -0.2) is 0 Å². The molecule has 0 radical (unpaired) electrons. The summed E-state index contributed by atoms with van der Waals surface area (Å²) in [6.45, 7) is 15.6. The van der Waals surface area contributed by atoms with E-state index in [0.717, 1.165) is 11.1 Å². The Morgan fingerprint density at radius 3 is 2.50 bits per heavy atom. The smallest absolute Gasteiger partial charge is 0.316 e. The fraction of sp³-hybridized carbons (Fsp3) is 0.500. The molecule has 0 aliphatic heterocycles. The molecular weight excluding hydrogens is 328 g/mol. The summed E-state index contributed by atoms with van der Waals surface area (Å²) < 4.78 is 11.5. The predicted molar refractivity (Wildman–Crippen MR) is 106 cm³/mol. The maximum absolute atomic E-state index is 12.4. The largest absolute Gasteiger partial charge is 0.486 e. The van der Waals surface area contributed by atoms with Gasteiger partial charge in [0.15, 0.2) is 11.5 Å². The summed E-state index contributed by atoms with van der Waals surface area (Å²) in [5.41, 5.74) is 1.18. The topological polar surface area (TPSA) is 55.8 Å². The predicted octanol–water partition coefficient (Wildman–Crippen LogP) is 4.80. The van der Waals surface area contributed by atoms with Crippen molar-refractivity contribution in [1.82, 2.24) is 0 Å². The summed E-state index contributed by atoms with van der Waals surface area (Å²) in [4.78, 5) is 12.4. The molecule has 1 aromatic carbocycles. The first kappa shape index (κ1) is 22.0. The Bertz CT molecular complexity index is 653. The lowest BCUT2D eigenvalue weighted by Gasteiger charge is -2.23. The van der Waals surface area contributed by atoms with Gasteiger partial charge in [-0.2, -0.15) is 0 Å². The maximum atomic E-state index is 12.4. The van der Waals surface area contributed by atoms with Gasteiger partial charge in [0.25, 0.3) is 0 Å². The Hall–Kier alpha value is -2.07. The van der Waals surface area contributed by atoms with Crippen LogP contribution in [0.15, 0.2) is 36.9 Å². The zero-order valence-corrected chi connectivity index (χ0v) is 16.8. The number of hydrogen-bond donors (Lipinski definition) is 1. The molecule has 0 saturated carbocycles. The third kappa shape index (κ3) is 5.73. The van der Waals surface area contributed by atoms with E-state index in [2.05, 4.69) is 6.58 Å². The number of aliphatic hydroxyl groups excluding tert-OH is 1. The number of esters is 1. The Kier molecular flexibility index (Phi) is 8.09. The molecule has 1 rings (SSSR count). The van der Waals surface area contributed by atoms with Crippen molar-refractivity contribution in [1.29, 1.82) is 0 Å². The highest BCUT2D eigenvalue weighted by Gasteiger charge is 2.27. The Labute approximate surface area is 157 Å². The van der Waals surface area contributed by atoms with Crippen LogP contribution in [0.1, 0.15) is 51.7 Å². The summed E-state index contributed by atoms with van der Waals surface area (Å²) in [5.74, 6) is 0.659. The third-order valence-corrected chi connectivity index (χ3v) is 4.18. The van der Waals surface area contributed by atoms with Crippen molar-refractivity contribution in [2.75, 3.05) is 13.2 Å². The van der Waals surface area contributed by atoms with Gasteiger partial charge in [0.1, 0.15) is 6.61 Å². The normalized spacial score (nSPS) is 14.1. The van der Waals surface area contributed by atoms with Crippen LogP contribution in [-0.2, 0) is 4.79 Å². The molecule has 0 aliphatic rings. The minimum absolute atomic E-state index is 0.0184. The minimum atomic E-state index is -0.610. The lowest BCUT2D eigenvalue weighted by Crippen LogP contribution is -2.26. The van der Waals surface area contributed by atoms with Crippen LogP contribution in [0.4, 0.5) is 0 Å². The number of aryl methyl sites for hydroxylation is 1. The second-order valence-corrected chi connectivity index (χ2v) is 7.61. The Morgan fingerprint density at radius 2 is 2.00 bits per heavy atom. The van der Waals surface area contributed by atoms with Crippen LogP contribution in [0, 0.1) is 18.3 Å². The average Bonchev–Trinajstić information content (AvgIpc) is 2.57. The van der Waals surface area contributed by atoms with Crippen molar-refractivity contribution in [2.45, 2.75) is 47.5 Å². The molecule has 1 aromatic rings. The van der Waals surface area contributed by atoms with Crippen molar-refractivity contribution in [2.24, 2.45) is 11.3 Å². The van der Waals surface area contributed by atoms with Gasteiger partial charge in [-0.05, 0) is 57.7 Å². The number of carbonyl (C=O) groups is 1. The molecule has 4 heteroatoms. The SMILES string of the molecule is C=C[C@@H](c1cc(C)c(OC(=O)C(C)(C)C)c(OC/C=C/C)c1)[C@@H](C)CO. The highest BCUT2D eigenvalue weighted by molar-refractivity contribution is 5.79. The van der Waals surface area contributed by atoms with Crippen LogP contribution < -0.4 is 9.47 Å². The van der Waals surface area contributed by atoms with Gasteiger partial charge in [-0.1, -0.05) is 31.2 Å². The molecule has 4 nitrogen and oxygen atoms in total. The average molecular weight is 360 g/mol. The van der Waals surface area contributed by atoms with Gasteiger partial charge < -0.3 is 14.6 Å². The van der Waals surface area contributed by atoms with E-state index in [0.29, 0.717) is 18.1 Å². The number of benzene rings is 1.